The second-order valence-corrected chi connectivity index (χ2v) is 5.94. The summed E-state index contributed by atoms with van der Waals surface area (Å²) >= 11 is 0. The molecule has 1 saturated carbocycles. The molecule has 2 aromatic carbocycles. The summed E-state index contributed by atoms with van der Waals surface area (Å²) in [6.45, 7) is 1.34. The largest absolute Gasteiger partial charge is 0.325 e. The van der Waals surface area contributed by atoms with Crippen molar-refractivity contribution in [2.75, 3.05) is 18.4 Å². The zero-order chi connectivity index (χ0) is 15.2. The molecule has 1 aliphatic carbocycles. The molecule has 0 saturated heterocycles. The maximum atomic E-state index is 12.0. The van der Waals surface area contributed by atoms with Gasteiger partial charge in [0.15, 0.2) is 0 Å². The van der Waals surface area contributed by atoms with Crippen molar-refractivity contribution in [3.63, 3.8) is 0 Å². The van der Waals surface area contributed by atoms with E-state index in [-0.39, 0.29) is 5.91 Å². The van der Waals surface area contributed by atoms with E-state index in [1.54, 1.807) is 0 Å². The summed E-state index contributed by atoms with van der Waals surface area (Å²) < 4.78 is 0. The molecule has 3 nitrogen and oxygen atoms in total. The van der Waals surface area contributed by atoms with E-state index < -0.39 is 0 Å². The Labute approximate surface area is 131 Å². The summed E-state index contributed by atoms with van der Waals surface area (Å²) in [6, 6.07) is 18.3. The van der Waals surface area contributed by atoms with Gasteiger partial charge in [0.1, 0.15) is 0 Å². The highest BCUT2D eigenvalue weighted by Gasteiger charge is 2.20. The highest BCUT2D eigenvalue weighted by atomic mass is 16.1. The van der Waals surface area contributed by atoms with Gasteiger partial charge in [0.05, 0.1) is 6.54 Å². The van der Waals surface area contributed by atoms with Crippen LogP contribution >= 0.6 is 0 Å². The maximum absolute atomic E-state index is 12.0. The number of hydrogen-bond acceptors (Lipinski definition) is 2. The predicted molar refractivity (Wildman–Crippen MR) is 89.9 cm³/mol. The van der Waals surface area contributed by atoms with Gasteiger partial charge in [0.2, 0.25) is 5.91 Å². The zero-order valence-corrected chi connectivity index (χ0v) is 12.7. The molecular formula is C19H22N2O. The molecule has 0 atom stereocenters. The molecule has 1 aliphatic rings. The lowest BCUT2D eigenvalue weighted by molar-refractivity contribution is -0.115. The van der Waals surface area contributed by atoms with Crippen molar-refractivity contribution in [3.05, 3.63) is 65.7 Å². The van der Waals surface area contributed by atoms with Crippen LogP contribution in [0.2, 0.25) is 0 Å². The summed E-state index contributed by atoms with van der Waals surface area (Å²) in [5.74, 6) is 0.819. The van der Waals surface area contributed by atoms with Crippen LogP contribution in [0.5, 0.6) is 0 Å². The van der Waals surface area contributed by atoms with Crippen molar-refractivity contribution in [1.82, 2.24) is 5.32 Å². The van der Waals surface area contributed by atoms with Crippen LogP contribution in [0.1, 0.15) is 24.0 Å². The summed E-state index contributed by atoms with van der Waals surface area (Å²) in [5.41, 5.74) is 3.30. The van der Waals surface area contributed by atoms with Crippen molar-refractivity contribution in [3.8, 4) is 0 Å². The third-order valence-electron chi connectivity index (χ3n) is 3.94. The lowest BCUT2D eigenvalue weighted by atomic mass is 10.0. The minimum absolute atomic E-state index is 0.0289. The Morgan fingerprint density at radius 3 is 2.50 bits per heavy atom. The smallest absolute Gasteiger partial charge is 0.238 e. The van der Waals surface area contributed by atoms with Gasteiger partial charge in [-0.15, -0.1) is 0 Å². The molecule has 0 spiro atoms. The number of carbonyl (C=O) groups is 1. The van der Waals surface area contributed by atoms with E-state index in [0.29, 0.717) is 6.54 Å². The van der Waals surface area contributed by atoms with Gasteiger partial charge in [-0.3, -0.25) is 4.79 Å². The van der Waals surface area contributed by atoms with Crippen LogP contribution < -0.4 is 10.6 Å². The Morgan fingerprint density at radius 2 is 1.73 bits per heavy atom. The topological polar surface area (TPSA) is 41.1 Å². The van der Waals surface area contributed by atoms with E-state index in [9.17, 15) is 4.79 Å². The fourth-order valence-electron chi connectivity index (χ4n) is 2.52. The number of hydrogen-bond donors (Lipinski definition) is 2. The van der Waals surface area contributed by atoms with Gasteiger partial charge in [-0.2, -0.15) is 0 Å². The molecular weight excluding hydrogens is 272 g/mol. The molecule has 2 aromatic rings. The molecule has 3 rings (SSSR count). The van der Waals surface area contributed by atoms with E-state index in [0.717, 1.165) is 30.1 Å². The summed E-state index contributed by atoms with van der Waals surface area (Å²) in [6.07, 6.45) is 3.43. The first-order valence-electron chi connectivity index (χ1n) is 7.93. The first-order chi connectivity index (χ1) is 10.8. The van der Waals surface area contributed by atoms with Crippen LogP contribution in [0.25, 0.3) is 0 Å². The van der Waals surface area contributed by atoms with E-state index in [2.05, 4.69) is 28.8 Å². The number of amides is 1. The lowest BCUT2D eigenvalue weighted by Gasteiger charge is -2.11. The minimum atomic E-state index is 0.0289. The first kappa shape index (κ1) is 14.8. The van der Waals surface area contributed by atoms with Crippen LogP contribution in [0.3, 0.4) is 0 Å². The van der Waals surface area contributed by atoms with Crippen molar-refractivity contribution < 1.29 is 4.79 Å². The first-order valence-corrected chi connectivity index (χ1v) is 7.93. The minimum Gasteiger partial charge on any atom is -0.325 e. The fourth-order valence-corrected chi connectivity index (χ4v) is 2.52. The fraction of sp³-hybridized carbons (Fsp3) is 0.316. The summed E-state index contributed by atoms with van der Waals surface area (Å²) in [4.78, 5) is 12.0. The van der Waals surface area contributed by atoms with E-state index in [4.69, 9.17) is 0 Å². The van der Waals surface area contributed by atoms with Crippen molar-refractivity contribution in [1.29, 1.82) is 0 Å². The maximum Gasteiger partial charge on any atom is 0.238 e. The zero-order valence-electron chi connectivity index (χ0n) is 12.7. The molecule has 1 fully saturated rings. The molecule has 0 unspecified atom stereocenters. The Morgan fingerprint density at radius 1 is 1.00 bits per heavy atom. The highest BCUT2D eigenvalue weighted by Crippen LogP contribution is 2.27. The Kier molecular flexibility index (Phi) is 4.86. The molecule has 3 heteroatoms. The van der Waals surface area contributed by atoms with Gasteiger partial charge in [-0.1, -0.05) is 48.5 Å². The van der Waals surface area contributed by atoms with Crippen LogP contribution in [0, 0.1) is 5.92 Å². The van der Waals surface area contributed by atoms with Gasteiger partial charge in [0, 0.05) is 5.69 Å². The summed E-state index contributed by atoms with van der Waals surface area (Å²) in [5, 5.41) is 6.25. The average molecular weight is 294 g/mol. The van der Waals surface area contributed by atoms with Gasteiger partial charge >= 0.3 is 0 Å². The van der Waals surface area contributed by atoms with Gasteiger partial charge < -0.3 is 10.6 Å². The van der Waals surface area contributed by atoms with Crippen LogP contribution in [-0.2, 0) is 11.2 Å². The SMILES string of the molecule is O=C(CNCC1CC1)Nc1ccccc1Cc1ccccc1. The monoisotopic (exact) mass is 294 g/mol. The van der Waals surface area contributed by atoms with Crippen molar-refractivity contribution in [2.24, 2.45) is 5.92 Å². The van der Waals surface area contributed by atoms with E-state index >= 15 is 0 Å². The third-order valence-corrected chi connectivity index (χ3v) is 3.94. The normalized spacial score (nSPS) is 13.8. The second-order valence-electron chi connectivity index (χ2n) is 5.94. The number of anilines is 1. The molecule has 114 valence electrons. The quantitative estimate of drug-likeness (QED) is 0.823. The van der Waals surface area contributed by atoms with Crippen LogP contribution in [0.4, 0.5) is 5.69 Å². The molecule has 2 N–H and O–H groups in total. The Bertz CT molecular complexity index is 620. The molecule has 0 bridgehead atoms. The number of rotatable bonds is 7. The van der Waals surface area contributed by atoms with Gasteiger partial charge in [-0.05, 0) is 48.9 Å². The molecule has 22 heavy (non-hydrogen) atoms. The molecule has 0 heterocycles. The molecule has 1 amide bonds. The van der Waals surface area contributed by atoms with Gasteiger partial charge in [0.25, 0.3) is 0 Å². The van der Waals surface area contributed by atoms with Crippen molar-refractivity contribution >= 4 is 11.6 Å². The molecule has 0 radical (unpaired) electrons. The number of carbonyl (C=O) groups excluding carboxylic acids is 1. The van der Waals surface area contributed by atoms with Gasteiger partial charge in [-0.25, -0.2) is 0 Å². The highest BCUT2D eigenvalue weighted by molar-refractivity contribution is 5.93. The molecule has 0 aromatic heterocycles. The third kappa shape index (κ3) is 4.43. The Hall–Kier alpha value is -2.13. The van der Waals surface area contributed by atoms with E-state index in [1.807, 2.05) is 36.4 Å². The summed E-state index contributed by atoms with van der Waals surface area (Å²) in [7, 11) is 0. The van der Waals surface area contributed by atoms with E-state index in [1.165, 1.54) is 18.4 Å². The van der Waals surface area contributed by atoms with Crippen LogP contribution in [0.15, 0.2) is 54.6 Å². The number of benzene rings is 2. The van der Waals surface area contributed by atoms with Crippen LogP contribution in [-0.4, -0.2) is 19.0 Å². The average Bonchev–Trinajstić information content (AvgIpc) is 3.35. The second kappa shape index (κ2) is 7.23. The molecule has 0 aliphatic heterocycles. The number of nitrogens with one attached hydrogen (secondary N) is 2. The van der Waals surface area contributed by atoms with Crippen molar-refractivity contribution in [2.45, 2.75) is 19.3 Å². The Balaban J connectivity index is 1.59. The number of para-hydroxylation sites is 1. The predicted octanol–water partition coefficient (Wildman–Crippen LogP) is 3.22. The lowest BCUT2D eigenvalue weighted by Crippen LogP contribution is -2.29. The standard InChI is InChI=1S/C19H22N2O/c22-19(14-20-13-16-10-11-16)21-18-9-5-4-8-17(18)12-15-6-2-1-3-7-15/h1-9,16,20H,10-14H2,(H,21,22).